The van der Waals surface area contributed by atoms with Crippen LogP contribution in [0.25, 0.3) is 0 Å². The van der Waals surface area contributed by atoms with E-state index in [4.69, 9.17) is 40.2 Å². The zero-order valence-corrected chi connectivity index (χ0v) is 16.4. The highest BCUT2D eigenvalue weighted by Gasteiger charge is 2.08. The van der Waals surface area contributed by atoms with E-state index in [1.54, 1.807) is 24.3 Å². The van der Waals surface area contributed by atoms with E-state index >= 15 is 0 Å². The van der Waals surface area contributed by atoms with Crippen LogP contribution in [0.2, 0.25) is 10.0 Å². The molecule has 0 radical (unpaired) electrons. The minimum Gasteiger partial charge on any atom is -0.483 e. The maximum atomic E-state index is 11.9. The van der Waals surface area contributed by atoms with Crippen molar-refractivity contribution in [2.24, 2.45) is 0 Å². The van der Waals surface area contributed by atoms with E-state index in [0.717, 1.165) is 10.0 Å². The molecule has 8 heteroatoms. The van der Waals surface area contributed by atoms with Crippen LogP contribution < -0.4 is 15.4 Å². The average molecular weight is 448 g/mol. The maximum absolute atomic E-state index is 11.9. The Morgan fingerprint density at radius 2 is 1.88 bits per heavy atom. The third-order valence-corrected chi connectivity index (χ3v) is 4.08. The Morgan fingerprint density at radius 3 is 2.50 bits per heavy atom. The third kappa shape index (κ3) is 5.94. The predicted octanol–water partition coefficient (Wildman–Crippen LogP) is 4.96. The van der Waals surface area contributed by atoms with E-state index in [0.29, 0.717) is 21.5 Å². The Balaban J connectivity index is 1.86. The lowest BCUT2D eigenvalue weighted by Gasteiger charge is -2.12. The molecule has 0 heterocycles. The van der Waals surface area contributed by atoms with Gasteiger partial charge in [-0.1, -0.05) is 29.3 Å². The number of thiocarbonyl (C=S) groups is 1. The van der Waals surface area contributed by atoms with Gasteiger partial charge in [0, 0.05) is 15.7 Å². The van der Waals surface area contributed by atoms with E-state index in [2.05, 4.69) is 26.6 Å². The quantitative estimate of drug-likeness (QED) is 0.650. The van der Waals surface area contributed by atoms with E-state index in [1.807, 2.05) is 19.1 Å². The number of aryl methyl sites for hydroxylation is 1. The van der Waals surface area contributed by atoms with Gasteiger partial charge in [0.2, 0.25) is 0 Å². The summed E-state index contributed by atoms with van der Waals surface area (Å²) >= 11 is 20.3. The molecule has 0 aliphatic carbocycles. The molecule has 1 amide bonds. The number of anilines is 1. The second-order valence-electron chi connectivity index (χ2n) is 4.88. The van der Waals surface area contributed by atoms with Crippen LogP contribution in [0.15, 0.2) is 40.9 Å². The van der Waals surface area contributed by atoms with Gasteiger partial charge in [-0.2, -0.15) is 0 Å². The normalized spacial score (nSPS) is 10.2. The number of nitrogens with one attached hydrogen (secondary N) is 2. The van der Waals surface area contributed by atoms with Crippen LogP contribution in [0.4, 0.5) is 5.69 Å². The van der Waals surface area contributed by atoms with Crippen molar-refractivity contribution in [3.63, 3.8) is 0 Å². The van der Waals surface area contributed by atoms with Crippen molar-refractivity contribution < 1.29 is 9.53 Å². The Labute approximate surface area is 163 Å². The summed E-state index contributed by atoms with van der Waals surface area (Å²) in [4.78, 5) is 11.9. The molecule has 0 saturated heterocycles. The summed E-state index contributed by atoms with van der Waals surface area (Å²) in [5.41, 5.74) is 1.67. The summed E-state index contributed by atoms with van der Waals surface area (Å²) in [6.45, 7) is 1.80. The van der Waals surface area contributed by atoms with Gasteiger partial charge < -0.3 is 10.1 Å². The summed E-state index contributed by atoms with van der Waals surface area (Å²) in [6, 6.07) is 10.5. The van der Waals surface area contributed by atoms with Gasteiger partial charge in [-0.15, -0.1) is 0 Å². The lowest BCUT2D eigenvalue weighted by atomic mass is 10.2. The molecule has 0 saturated carbocycles. The molecule has 0 bridgehead atoms. The molecule has 2 N–H and O–H groups in total. The SMILES string of the molecule is Cc1ccc(OCC(=O)NC(=S)Nc2cc(Cl)cc(Cl)c2)c(Br)c1. The number of halogens is 3. The number of benzene rings is 2. The van der Waals surface area contributed by atoms with Crippen molar-refractivity contribution >= 4 is 68.1 Å². The van der Waals surface area contributed by atoms with Gasteiger partial charge in [-0.3, -0.25) is 10.1 Å². The lowest BCUT2D eigenvalue weighted by molar-refractivity contribution is -0.121. The molecule has 0 aromatic heterocycles. The Morgan fingerprint density at radius 1 is 1.21 bits per heavy atom. The molecule has 126 valence electrons. The monoisotopic (exact) mass is 446 g/mol. The van der Waals surface area contributed by atoms with Gasteiger partial charge in [0.15, 0.2) is 11.7 Å². The van der Waals surface area contributed by atoms with Crippen LogP contribution >= 0.6 is 51.3 Å². The number of hydrogen-bond acceptors (Lipinski definition) is 3. The number of carbonyl (C=O) groups is 1. The van der Waals surface area contributed by atoms with E-state index in [-0.39, 0.29) is 17.6 Å². The highest BCUT2D eigenvalue weighted by atomic mass is 79.9. The molecule has 0 aliphatic rings. The number of ether oxygens (including phenoxy) is 1. The molecular weight excluding hydrogens is 435 g/mol. The predicted molar refractivity (Wildman–Crippen MR) is 105 cm³/mol. The first-order valence-corrected chi connectivity index (χ1v) is 8.75. The molecule has 4 nitrogen and oxygen atoms in total. The highest BCUT2D eigenvalue weighted by Crippen LogP contribution is 2.25. The van der Waals surface area contributed by atoms with Crippen molar-refractivity contribution in [1.82, 2.24) is 5.32 Å². The fraction of sp³-hybridized carbons (Fsp3) is 0.125. The molecule has 24 heavy (non-hydrogen) atoms. The molecule has 2 aromatic rings. The summed E-state index contributed by atoms with van der Waals surface area (Å²) in [6.07, 6.45) is 0. The Bertz CT molecular complexity index is 766. The molecule has 0 atom stereocenters. The van der Waals surface area contributed by atoms with Gasteiger partial charge in [0.25, 0.3) is 5.91 Å². The first-order valence-electron chi connectivity index (χ1n) is 6.79. The van der Waals surface area contributed by atoms with Crippen LogP contribution in [-0.4, -0.2) is 17.6 Å². The van der Waals surface area contributed by atoms with E-state index in [1.165, 1.54) is 0 Å². The fourth-order valence-corrected chi connectivity index (χ4v) is 3.18. The van der Waals surface area contributed by atoms with Gasteiger partial charge in [0.05, 0.1) is 4.47 Å². The molecule has 0 aliphatic heterocycles. The zero-order chi connectivity index (χ0) is 17.7. The van der Waals surface area contributed by atoms with Gasteiger partial charge in [-0.25, -0.2) is 0 Å². The average Bonchev–Trinajstić information content (AvgIpc) is 2.44. The topological polar surface area (TPSA) is 50.4 Å². The number of hydrogen-bond donors (Lipinski definition) is 2. The molecule has 0 fully saturated rings. The van der Waals surface area contributed by atoms with Crippen molar-refractivity contribution in [3.05, 3.63) is 56.5 Å². The van der Waals surface area contributed by atoms with E-state index in [9.17, 15) is 4.79 Å². The van der Waals surface area contributed by atoms with Crippen LogP contribution in [0.1, 0.15) is 5.56 Å². The van der Waals surface area contributed by atoms with Gasteiger partial charge >= 0.3 is 0 Å². The highest BCUT2D eigenvalue weighted by molar-refractivity contribution is 9.10. The summed E-state index contributed by atoms with van der Waals surface area (Å²) in [7, 11) is 0. The Hall–Kier alpha value is -1.34. The lowest BCUT2D eigenvalue weighted by Crippen LogP contribution is -2.37. The first kappa shape index (κ1) is 19.0. The number of carbonyl (C=O) groups excluding carboxylic acids is 1. The third-order valence-electron chi connectivity index (χ3n) is 2.82. The number of rotatable bonds is 4. The van der Waals surface area contributed by atoms with Gasteiger partial charge in [-0.05, 0) is 71.0 Å². The minimum absolute atomic E-state index is 0.130. The Kier molecular flexibility index (Phi) is 6.86. The summed E-state index contributed by atoms with van der Waals surface area (Å²) in [5.74, 6) is 0.198. The van der Waals surface area contributed by atoms with Crippen LogP contribution in [-0.2, 0) is 4.79 Å². The van der Waals surface area contributed by atoms with Crippen LogP contribution in [0.3, 0.4) is 0 Å². The van der Waals surface area contributed by atoms with Crippen molar-refractivity contribution in [2.75, 3.05) is 11.9 Å². The van der Waals surface area contributed by atoms with Crippen molar-refractivity contribution in [2.45, 2.75) is 6.92 Å². The second kappa shape index (κ2) is 8.67. The van der Waals surface area contributed by atoms with Crippen LogP contribution in [0, 0.1) is 6.92 Å². The van der Waals surface area contributed by atoms with Crippen molar-refractivity contribution in [1.29, 1.82) is 0 Å². The number of amides is 1. The zero-order valence-electron chi connectivity index (χ0n) is 12.5. The largest absolute Gasteiger partial charge is 0.483 e. The van der Waals surface area contributed by atoms with Gasteiger partial charge in [0.1, 0.15) is 5.75 Å². The molecule has 0 unspecified atom stereocenters. The minimum atomic E-state index is -0.381. The van der Waals surface area contributed by atoms with Crippen LogP contribution in [0.5, 0.6) is 5.75 Å². The van der Waals surface area contributed by atoms with E-state index < -0.39 is 0 Å². The second-order valence-corrected chi connectivity index (χ2v) is 7.02. The molecule has 2 aromatic carbocycles. The standard InChI is InChI=1S/C16H13BrCl2N2O2S/c1-9-2-3-14(13(17)4-9)23-8-15(22)21-16(24)20-12-6-10(18)5-11(19)7-12/h2-7H,8H2,1H3,(H2,20,21,22,24). The summed E-state index contributed by atoms with van der Waals surface area (Å²) in [5, 5.41) is 6.42. The van der Waals surface area contributed by atoms with Crippen molar-refractivity contribution in [3.8, 4) is 5.75 Å². The summed E-state index contributed by atoms with van der Waals surface area (Å²) < 4.78 is 6.24. The molecular formula is C16H13BrCl2N2O2S. The first-order chi connectivity index (χ1) is 11.3. The maximum Gasteiger partial charge on any atom is 0.264 e. The fourth-order valence-electron chi connectivity index (χ4n) is 1.82. The smallest absolute Gasteiger partial charge is 0.264 e. The molecule has 2 rings (SSSR count). The molecule has 0 spiro atoms.